The van der Waals surface area contributed by atoms with Gasteiger partial charge in [-0.15, -0.1) is 0 Å². The molecule has 0 aliphatic rings. The Bertz CT molecular complexity index is 243. The van der Waals surface area contributed by atoms with Crippen molar-refractivity contribution in [3.63, 3.8) is 0 Å². The van der Waals surface area contributed by atoms with Gasteiger partial charge in [-0.25, -0.2) is 0 Å². The SMILES string of the molecule is C/C=C\CCN=C(C)/C(CC)=C(/C)N. The zero-order chi connectivity index (χ0) is 11.0. The number of hydrogen-bond acceptors (Lipinski definition) is 2. The molecule has 0 saturated carbocycles. The normalized spacial score (nSPS) is 14.7. The maximum Gasteiger partial charge on any atom is 0.0427 e. The topological polar surface area (TPSA) is 38.4 Å². The molecule has 0 amide bonds. The van der Waals surface area contributed by atoms with Crippen molar-refractivity contribution in [2.45, 2.75) is 40.5 Å². The maximum atomic E-state index is 5.76. The molecular weight excluding hydrogens is 172 g/mol. The van der Waals surface area contributed by atoms with Crippen molar-refractivity contribution in [2.24, 2.45) is 10.7 Å². The average molecular weight is 194 g/mol. The van der Waals surface area contributed by atoms with Crippen LogP contribution in [0.4, 0.5) is 0 Å². The maximum absolute atomic E-state index is 5.76. The Kier molecular flexibility index (Phi) is 6.81. The number of allylic oxidation sites excluding steroid dienone is 3. The second kappa shape index (κ2) is 7.36. The van der Waals surface area contributed by atoms with E-state index in [1.54, 1.807) is 0 Å². The van der Waals surface area contributed by atoms with Gasteiger partial charge in [-0.3, -0.25) is 4.99 Å². The Morgan fingerprint density at radius 2 is 2.00 bits per heavy atom. The summed E-state index contributed by atoms with van der Waals surface area (Å²) in [5, 5.41) is 0. The molecule has 2 heteroatoms. The third-order valence-electron chi connectivity index (χ3n) is 2.15. The van der Waals surface area contributed by atoms with Crippen LogP contribution in [0.5, 0.6) is 0 Å². The first-order valence-corrected chi connectivity index (χ1v) is 5.21. The highest BCUT2D eigenvalue weighted by Crippen LogP contribution is 2.07. The average Bonchev–Trinajstić information content (AvgIpc) is 2.13. The van der Waals surface area contributed by atoms with Gasteiger partial charge in [0.1, 0.15) is 0 Å². The van der Waals surface area contributed by atoms with Gasteiger partial charge in [-0.2, -0.15) is 0 Å². The lowest BCUT2D eigenvalue weighted by atomic mass is 10.1. The van der Waals surface area contributed by atoms with E-state index < -0.39 is 0 Å². The molecule has 80 valence electrons. The third kappa shape index (κ3) is 4.85. The number of hydrogen-bond donors (Lipinski definition) is 1. The fourth-order valence-electron chi connectivity index (χ4n) is 1.39. The Balaban J connectivity index is 4.29. The van der Waals surface area contributed by atoms with Crippen LogP contribution in [0.15, 0.2) is 28.4 Å². The summed E-state index contributed by atoms with van der Waals surface area (Å²) in [7, 11) is 0. The van der Waals surface area contributed by atoms with E-state index in [1.165, 1.54) is 5.57 Å². The van der Waals surface area contributed by atoms with Gasteiger partial charge in [0, 0.05) is 18.0 Å². The molecule has 0 rings (SSSR count). The predicted octanol–water partition coefficient (Wildman–Crippen LogP) is 3.06. The van der Waals surface area contributed by atoms with E-state index >= 15 is 0 Å². The molecule has 0 atom stereocenters. The Morgan fingerprint density at radius 3 is 2.43 bits per heavy atom. The first kappa shape index (κ1) is 12.9. The van der Waals surface area contributed by atoms with E-state index in [4.69, 9.17) is 5.73 Å². The molecule has 0 aromatic carbocycles. The van der Waals surface area contributed by atoms with Gasteiger partial charge in [0.15, 0.2) is 0 Å². The molecule has 0 radical (unpaired) electrons. The van der Waals surface area contributed by atoms with Crippen LogP contribution in [0, 0.1) is 0 Å². The zero-order valence-electron chi connectivity index (χ0n) is 9.80. The van der Waals surface area contributed by atoms with Gasteiger partial charge in [-0.1, -0.05) is 19.1 Å². The summed E-state index contributed by atoms with van der Waals surface area (Å²) in [4.78, 5) is 4.48. The van der Waals surface area contributed by atoms with E-state index in [1.807, 2.05) is 20.8 Å². The minimum atomic E-state index is 0.854. The van der Waals surface area contributed by atoms with Crippen molar-refractivity contribution in [1.29, 1.82) is 0 Å². The van der Waals surface area contributed by atoms with Crippen LogP contribution in [0.2, 0.25) is 0 Å². The predicted molar refractivity (Wildman–Crippen MR) is 64.6 cm³/mol. The van der Waals surface area contributed by atoms with Crippen LogP contribution in [0.1, 0.15) is 40.5 Å². The highest BCUT2D eigenvalue weighted by atomic mass is 14.7. The van der Waals surface area contributed by atoms with Crippen LogP contribution in [0.3, 0.4) is 0 Å². The van der Waals surface area contributed by atoms with E-state index in [0.29, 0.717) is 0 Å². The first-order valence-electron chi connectivity index (χ1n) is 5.21. The number of rotatable bonds is 5. The van der Waals surface area contributed by atoms with Gasteiger partial charge in [0.25, 0.3) is 0 Å². The quantitative estimate of drug-likeness (QED) is 0.408. The van der Waals surface area contributed by atoms with E-state index in [9.17, 15) is 0 Å². The van der Waals surface area contributed by atoms with Crippen molar-refractivity contribution in [3.05, 3.63) is 23.4 Å². The van der Waals surface area contributed by atoms with Crippen molar-refractivity contribution < 1.29 is 0 Å². The Labute approximate surface area is 87.6 Å². The second-order valence-electron chi connectivity index (χ2n) is 3.34. The lowest BCUT2D eigenvalue weighted by Gasteiger charge is -2.06. The van der Waals surface area contributed by atoms with Crippen molar-refractivity contribution in [2.75, 3.05) is 6.54 Å². The second-order valence-corrected chi connectivity index (χ2v) is 3.34. The summed E-state index contributed by atoms with van der Waals surface area (Å²) in [5.41, 5.74) is 8.92. The van der Waals surface area contributed by atoms with Gasteiger partial charge < -0.3 is 5.73 Å². The molecular formula is C12H22N2. The third-order valence-corrected chi connectivity index (χ3v) is 2.15. The van der Waals surface area contributed by atoms with Crippen LogP contribution in [0.25, 0.3) is 0 Å². The highest BCUT2D eigenvalue weighted by molar-refractivity contribution is 5.98. The molecule has 0 fully saturated rings. The largest absolute Gasteiger partial charge is 0.402 e. The van der Waals surface area contributed by atoms with Gasteiger partial charge in [0.05, 0.1) is 0 Å². The van der Waals surface area contributed by atoms with Gasteiger partial charge in [-0.05, 0) is 39.2 Å². The molecule has 0 aromatic rings. The summed E-state index contributed by atoms with van der Waals surface area (Å²) in [5.74, 6) is 0. The molecule has 14 heavy (non-hydrogen) atoms. The van der Waals surface area contributed by atoms with Crippen molar-refractivity contribution in [3.8, 4) is 0 Å². The summed E-state index contributed by atoms with van der Waals surface area (Å²) in [6, 6.07) is 0. The van der Waals surface area contributed by atoms with Crippen LogP contribution in [-0.2, 0) is 0 Å². The standard InChI is InChI=1S/C12H22N2/c1-5-7-8-9-14-11(4)12(6-2)10(3)13/h5,7H,6,8-9,13H2,1-4H3/b7-5-,12-10-,14-11?. The van der Waals surface area contributed by atoms with Gasteiger partial charge in [0.2, 0.25) is 0 Å². The fraction of sp³-hybridized carbons (Fsp3) is 0.583. The smallest absolute Gasteiger partial charge is 0.0427 e. The lowest BCUT2D eigenvalue weighted by molar-refractivity contribution is 0.992. The summed E-state index contributed by atoms with van der Waals surface area (Å²) >= 11 is 0. The summed E-state index contributed by atoms with van der Waals surface area (Å²) in [6.45, 7) is 8.95. The zero-order valence-corrected chi connectivity index (χ0v) is 9.80. The Morgan fingerprint density at radius 1 is 1.36 bits per heavy atom. The van der Waals surface area contributed by atoms with E-state index in [0.717, 1.165) is 30.8 Å². The molecule has 0 heterocycles. The van der Waals surface area contributed by atoms with Crippen molar-refractivity contribution >= 4 is 5.71 Å². The highest BCUT2D eigenvalue weighted by Gasteiger charge is 2.00. The molecule has 0 aromatic heterocycles. The van der Waals surface area contributed by atoms with Crippen molar-refractivity contribution in [1.82, 2.24) is 0 Å². The van der Waals surface area contributed by atoms with Crippen LogP contribution < -0.4 is 5.73 Å². The first-order chi connectivity index (χ1) is 6.63. The number of nitrogens with zero attached hydrogens (tertiary/aromatic N) is 1. The number of nitrogens with two attached hydrogens (primary N) is 1. The van der Waals surface area contributed by atoms with E-state index in [2.05, 4.69) is 24.1 Å². The number of aliphatic imine (C=N–C) groups is 1. The minimum Gasteiger partial charge on any atom is -0.402 e. The molecule has 0 spiro atoms. The van der Waals surface area contributed by atoms with E-state index in [-0.39, 0.29) is 0 Å². The molecule has 0 unspecified atom stereocenters. The fourth-order valence-corrected chi connectivity index (χ4v) is 1.39. The Hall–Kier alpha value is -1.05. The minimum absolute atomic E-state index is 0.854. The molecule has 2 nitrogen and oxygen atoms in total. The van der Waals surface area contributed by atoms with Gasteiger partial charge >= 0.3 is 0 Å². The van der Waals surface area contributed by atoms with Crippen LogP contribution >= 0.6 is 0 Å². The molecule has 2 N–H and O–H groups in total. The summed E-state index contributed by atoms with van der Waals surface area (Å²) in [6.07, 6.45) is 6.15. The molecule has 0 aliphatic carbocycles. The summed E-state index contributed by atoms with van der Waals surface area (Å²) < 4.78 is 0. The molecule has 0 saturated heterocycles. The van der Waals surface area contributed by atoms with Crippen LogP contribution in [-0.4, -0.2) is 12.3 Å². The monoisotopic (exact) mass is 194 g/mol. The molecule has 0 aliphatic heterocycles. The molecule has 0 bridgehead atoms. The lowest BCUT2D eigenvalue weighted by Crippen LogP contribution is -2.06.